The molecule has 6 nitrogen and oxygen atoms in total. The first-order valence-electron chi connectivity index (χ1n) is 9.44. The number of rotatable bonds is 6. The molecule has 3 rings (SSSR count). The first kappa shape index (κ1) is 19.7. The summed E-state index contributed by atoms with van der Waals surface area (Å²) >= 11 is 0. The third kappa shape index (κ3) is 4.63. The number of benzene rings is 2. The number of ether oxygens (including phenoxy) is 1. The van der Waals surface area contributed by atoms with Gasteiger partial charge in [0.05, 0.1) is 5.92 Å². The topological polar surface area (TPSA) is 78.9 Å². The first-order valence-corrected chi connectivity index (χ1v) is 9.44. The maximum atomic E-state index is 12.1. The van der Waals surface area contributed by atoms with Crippen molar-refractivity contribution in [3.05, 3.63) is 53.6 Å². The number of carbonyl (C=O) groups excluding carboxylic acids is 1. The predicted molar refractivity (Wildman–Crippen MR) is 107 cm³/mol. The predicted octanol–water partition coefficient (Wildman–Crippen LogP) is 3.54. The van der Waals surface area contributed by atoms with Crippen LogP contribution in [0, 0.1) is 5.92 Å². The zero-order valence-electron chi connectivity index (χ0n) is 16.4. The van der Waals surface area contributed by atoms with E-state index in [1.54, 1.807) is 14.0 Å². The molecular formula is C22H26N2O4. The minimum absolute atomic E-state index is 0.167. The largest absolute Gasteiger partial charge is 0.490 e. The molecule has 2 aromatic rings. The molecule has 6 heteroatoms. The van der Waals surface area contributed by atoms with E-state index in [9.17, 15) is 9.59 Å². The highest BCUT2D eigenvalue weighted by Gasteiger charge is 2.19. The number of nitrogens with zero attached hydrogens (tertiary/aromatic N) is 1. The average molecular weight is 382 g/mol. The van der Waals surface area contributed by atoms with Crippen molar-refractivity contribution < 1.29 is 19.4 Å². The third-order valence-electron chi connectivity index (χ3n) is 4.94. The standard InChI is InChI=1S/C22H26N2O4/c1-14(21(25)26)13-24(3)22(27)23-12-16-4-6-17(7-5-16)18-8-9-20-19(11-18)10-15(2)28-20/h4-9,11,14-15H,10,12-13H2,1-3H3,(H,23,27)(H,25,26). The summed E-state index contributed by atoms with van der Waals surface area (Å²) in [6.45, 7) is 4.21. The van der Waals surface area contributed by atoms with Crippen molar-refractivity contribution in [1.29, 1.82) is 0 Å². The molecule has 0 fully saturated rings. The van der Waals surface area contributed by atoms with Crippen molar-refractivity contribution in [3.63, 3.8) is 0 Å². The van der Waals surface area contributed by atoms with E-state index in [4.69, 9.17) is 9.84 Å². The summed E-state index contributed by atoms with van der Waals surface area (Å²) in [7, 11) is 1.59. The maximum Gasteiger partial charge on any atom is 0.317 e. The van der Waals surface area contributed by atoms with E-state index in [-0.39, 0.29) is 18.7 Å². The number of hydrogen-bond acceptors (Lipinski definition) is 3. The summed E-state index contributed by atoms with van der Waals surface area (Å²) in [6.07, 6.45) is 1.16. The van der Waals surface area contributed by atoms with Crippen molar-refractivity contribution in [1.82, 2.24) is 10.2 Å². The molecule has 28 heavy (non-hydrogen) atoms. The van der Waals surface area contributed by atoms with Gasteiger partial charge in [0.1, 0.15) is 11.9 Å². The van der Waals surface area contributed by atoms with Crippen LogP contribution >= 0.6 is 0 Å². The van der Waals surface area contributed by atoms with Crippen LogP contribution in [0.5, 0.6) is 5.75 Å². The lowest BCUT2D eigenvalue weighted by atomic mass is 10.00. The second-order valence-electron chi connectivity index (χ2n) is 7.43. The third-order valence-corrected chi connectivity index (χ3v) is 4.94. The van der Waals surface area contributed by atoms with E-state index in [0.717, 1.165) is 28.9 Å². The summed E-state index contributed by atoms with van der Waals surface area (Å²) in [5, 5.41) is 11.8. The van der Waals surface area contributed by atoms with Crippen molar-refractivity contribution in [2.75, 3.05) is 13.6 Å². The Kier molecular flexibility index (Phi) is 5.87. The minimum Gasteiger partial charge on any atom is -0.490 e. The van der Waals surface area contributed by atoms with Crippen molar-refractivity contribution >= 4 is 12.0 Å². The van der Waals surface area contributed by atoms with Crippen LogP contribution in [0.4, 0.5) is 4.79 Å². The Morgan fingerprint density at radius 1 is 1.21 bits per heavy atom. The molecule has 0 spiro atoms. The number of carbonyl (C=O) groups is 2. The molecule has 2 aromatic carbocycles. The fraction of sp³-hybridized carbons (Fsp3) is 0.364. The zero-order chi connectivity index (χ0) is 20.3. The van der Waals surface area contributed by atoms with Crippen LogP contribution in [-0.4, -0.2) is 41.7 Å². The van der Waals surface area contributed by atoms with Crippen LogP contribution in [0.25, 0.3) is 11.1 Å². The number of aliphatic carboxylic acids is 1. The molecule has 1 aliphatic rings. The lowest BCUT2D eigenvalue weighted by Crippen LogP contribution is -2.40. The molecule has 0 radical (unpaired) electrons. The van der Waals surface area contributed by atoms with Crippen molar-refractivity contribution in [2.45, 2.75) is 32.9 Å². The fourth-order valence-electron chi connectivity index (χ4n) is 3.30. The van der Waals surface area contributed by atoms with Crippen LogP contribution in [0.2, 0.25) is 0 Å². The average Bonchev–Trinajstić information content (AvgIpc) is 3.05. The summed E-state index contributed by atoms with van der Waals surface area (Å²) < 4.78 is 5.75. The highest BCUT2D eigenvalue weighted by atomic mass is 16.5. The van der Waals surface area contributed by atoms with Crippen LogP contribution in [0.15, 0.2) is 42.5 Å². The molecule has 2 unspecified atom stereocenters. The second kappa shape index (κ2) is 8.33. The summed E-state index contributed by atoms with van der Waals surface area (Å²) in [5.74, 6) is -0.546. The number of carboxylic acids is 1. The van der Waals surface area contributed by atoms with Gasteiger partial charge in [-0.05, 0) is 41.3 Å². The molecule has 0 aromatic heterocycles. The Bertz CT molecular complexity index is 863. The van der Waals surface area contributed by atoms with Crippen molar-refractivity contribution in [2.24, 2.45) is 5.92 Å². The van der Waals surface area contributed by atoms with Gasteiger partial charge in [-0.25, -0.2) is 4.79 Å². The van der Waals surface area contributed by atoms with Gasteiger partial charge in [0, 0.05) is 26.6 Å². The highest BCUT2D eigenvalue weighted by Crippen LogP contribution is 2.32. The summed E-state index contributed by atoms with van der Waals surface area (Å²) in [6, 6.07) is 14.0. The molecule has 0 saturated carbocycles. The van der Waals surface area contributed by atoms with Gasteiger partial charge < -0.3 is 20.1 Å². The molecule has 1 aliphatic heterocycles. The number of urea groups is 1. The molecule has 0 aliphatic carbocycles. The quantitative estimate of drug-likeness (QED) is 0.801. The Morgan fingerprint density at radius 3 is 2.57 bits per heavy atom. The SMILES string of the molecule is CC1Cc2cc(-c3ccc(CNC(=O)N(C)CC(C)C(=O)O)cc3)ccc2O1. The number of carboxylic acid groups (broad SMARTS) is 1. The highest BCUT2D eigenvalue weighted by molar-refractivity contribution is 5.75. The Morgan fingerprint density at radius 2 is 1.89 bits per heavy atom. The maximum absolute atomic E-state index is 12.1. The van der Waals surface area contributed by atoms with Gasteiger partial charge in [0.2, 0.25) is 0 Å². The molecule has 148 valence electrons. The van der Waals surface area contributed by atoms with E-state index in [1.807, 2.05) is 30.3 Å². The molecule has 2 atom stereocenters. The van der Waals surface area contributed by atoms with Gasteiger partial charge in [0.25, 0.3) is 0 Å². The number of amides is 2. The van der Waals surface area contributed by atoms with Crippen LogP contribution < -0.4 is 10.1 Å². The zero-order valence-corrected chi connectivity index (χ0v) is 16.4. The van der Waals surface area contributed by atoms with E-state index in [1.165, 1.54) is 10.5 Å². The van der Waals surface area contributed by atoms with Crippen LogP contribution in [0.3, 0.4) is 0 Å². The number of fused-ring (bicyclic) bond motifs is 1. The monoisotopic (exact) mass is 382 g/mol. The molecule has 0 saturated heterocycles. The Balaban J connectivity index is 1.57. The summed E-state index contributed by atoms with van der Waals surface area (Å²) in [4.78, 5) is 24.4. The Labute approximate surface area is 165 Å². The van der Waals surface area contributed by atoms with Gasteiger partial charge in [-0.1, -0.05) is 37.3 Å². The van der Waals surface area contributed by atoms with Gasteiger partial charge in [-0.15, -0.1) is 0 Å². The second-order valence-corrected chi connectivity index (χ2v) is 7.43. The van der Waals surface area contributed by atoms with Gasteiger partial charge in [-0.3, -0.25) is 4.79 Å². The number of hydrogen-bond donors (Lipinski definition) is 2. The van der Waals surface area contributed by atoms with Crippen LogP contribution in [-0.2, 0) is 17.8 Å². The molecule has 2 amide bonds. The smallest absolute Gasteiger partial charge is 0.317 e. The molecular weight excluding hydrogens is 356 g/mol. The molecule has 2 N–H and O–H groups in total. The van der Waals surface area contributed by atoms with Gasteiger partial charge in [-0.2, -0.15) is 0 Å². The van der Waals surface area contributed by atoms with E-state index < -0.39 is 11.9 Å². The molecule has 1 heterocycles. The Hall–Kier alpha value is -3.02. The van der Waals surface area contributed by atoms with E-state index in [2.05, 4.69) is 24.4 Å². The minimum atomic E-state index is -0.914. The van der Waals surface area contributed by atoms with E-state index in [0.29, 0.717) is 6.54 Å². The fourth-order valence-corrected chi connectivity index (χ4v) is 3.30. The number of nitrogens with one attached hydrogen (secondary N) is 1. The summed E-state index contributed by atoms with van der Waals surface area (Å²) in [5.41, 5.74) is 4.48. The van der Waals surface area contributed by atoms with Crippen molar-refractivity contribution in [3.8, 4) is 16.9 Å². The van der Waals surface area contributed by atoms with Crippen LogP contribution in [0.1, 0.15) is 25.0 Å². The van der Waals surface area contributed by atoms with E-state index >= 15 is 0 Å². The lowest BCUT2D eigenvalue weighted by molar-refractivity contribution is -0.141. The first-order chi connectivity index (χ1) is 13.3. The van der Waals surface area contributed by atoms with Gasteiger partial charge >= 0.3 is 12.0 Å². The normalized spacial score (nSPS) is 16.0. The lowest BCUT2D eigenvalue weighted by Gasteiger charge is -2.20. The van der Waals surface area contributed by atoms with Gasteiger partial charge in [0.15, 0.2) is 0 Å². The molecule has 0 bridgehead atoms.